The largest absolute Gasteiger partial charge is 0.494 e. The number of rotatable bonds is 7. The molecule has 7 heteroatoms. The first-order valence-corrected chi connectivity index (χ1v) is 9.82. The lowest BCUT2D eigenvalue weighted by atomic mass is 10.0. The molecule has 0 saturated heterocycles. The van der Waals surface area contributed by atoms with Crippen LogP contribution in [0.25, 0.3) is 5.57 Å². The molecule has 1 N–H and O–H groups in total. The lowest BCUT2D eigenvalue weighted by Gasteiger charge is -2.15. The number of hydrogen-bond acceptors (Lipinski definition) is 5. The van der Waals surface area contributed by atoms with Gasteiger partial charge in [0.2, 0.25) is 0 Å². The third kappa shape index (κ3) is 4.30. The zero-order valence-electron chi connectivity index (χ0n) is 16.8. The highest BCUT2D eigenvalue weighted by Crippen LogP contribution is 2.32. The maximum Gasteiger partial charge on any atom is 0.278 e. The van der Waals surface area contributed by atoms with Crippen LogP contribution in [0.1, 0.15) is 18.1 Å². The van der Waals surface area contributed by atoms with Crippen LogP contribution in [-0.4, -0.2) is 28.3 Å². The van der Waals surface area contributed by atoms with Gasteiger partial charge in [0.1, 0.15) is 17.3 Å². The van der Waals surface area contributed by atoms with Crippen molar-refractivity contribution in [2.45, 2.75) is 13.5 Å². The summed E-state index contributed by atoms with van der Waals surface area (Å²) in [5.41, 5.74) is 2.05. The number of nitrogens with one attached hydrogen (secondary N) is 1. The summed E-state index contributed by atoms with van der Waals surface area (Å²) < 4.78 is 19.1. The van der Waals surface area contributed by atoms with Gasteiger partial charge >= 0.3 is 0 Å². The first-order valence-electron chi connectivity index (χ1n) is 9.82. The molecule has 156 valence electrons. The van der Waals surface area contributed by atoms with Gasteiger partial charge in [-0.2, -0.15) is 0 Å². The van der Waals surface area contributed by atoms with Crippen molar-refractivity contribution >= 4 is 23.1 Å². The molecule has 2 amide bonds. The Kier molecular flexibility index (Phi) is 5.75. The number of pyridine rings is 1. The monoisotopic (exact) mass is 417 g/mol. The number of anilines is 1. The predicted molar refractivity (Wildman–Crippen MR) is 114 cm³/mol. The van der Waals surface area contributed by atoms with Crippen molar-refractivity contribution in [1.82, 2.24) is 9.88 Å². The first kappa shape index (κ1) is 20.3. The van der Waals surface area contributed by atoms with Gasteiger partial charge in [0.05, 0.1) is 18.7 Å². The zero-order chi connectivity index (χ0) is 21.8. The fraction of sp³-hybridized carbons (Fsp3) is 0.125. The Morgan fingerprint density at radius 3 is 2.42 bits per heavy atom. The number of nitrogens with zero attached hydrogens (tertiary/aromatic N) is 2. The molecule has 0 saturated carbocycles. The van der Waals surface area contributed by atoms with E-state index in [1.807, 2.05) is 6.92 Å². The van der Waals surface area contributed by atoms with Gasteiger partial charge in [-0.1, -0.05) is 18.2 Å². The van der Waals surface area contributed by atoms with Crippen LogP contribution in [0.5, 0.6) is 5.75 Å². The summed E-state index contributed by atoms with van der Waals surface area (Å²) in [6.45, 7) is 2.51. The molecule has 0 bridgehead atoms. The maximum absolute atomic E-state index is 13.7. The third-order valence-electron chi connectivity index (χ3n) is 4.81. The van der Waals surface area contributed by atoms with Crippen LogP contribution in [0.3, 0.4) is 0 Å². The van der Waals surface area contributed by atoms with E-state index in [-0.39, 0.29) is 17.8 Å². The first-order chi connectivity index (χ1) is 15.1. The highest BCUT2D eigenvalue weighted by molar-refractivity contribution is 6.36. The molecule has 1 aliphatic heterocycles. The van der Waals surface area contributed by atoms with Crippen molar-refractivity contribution in [3.05, 3.63) is 95.7 Å². The van der Waals surface area contributed by atoms with E-state index >= 15 is 0 Å². The molecule has 0 fully saturated rings. The predicted octanol–water partition coefficient (Wildman–Crippen LogP) is 4.01. The summed E-state index contributed by atoms with van der Waals surface area (Å²) in [5, 5.41) is 2.95. The highest BCUT2D eigenvalue weighted by atomic mass is 19.1. The van der Waals surface area contributed by atoms with Crippen molar-refractivity contribution < 1.29 is 18.7 Å². The molecule has 0 radical (unpaired) electrons. The zero-order valence-corrected chi connectivity index (χ0v) is 16.8. The fourth-order valence-electron chi connectivity index (χ4n) is 3.37. The van der Waals surface area contributed by atoms with Gasteiger partial charge in [-0.15, -0.1) is 0 Å². The Labute approximate surface area is 179 Å². The van der Waals surface area contributed by atoms with Crippen molar-refractivity contribution in [2.75, 3.05) is 11.9 Å². The summed E-state index contributed by atoms with van der Waals surface area (Å²) in [5.74, 6) is -0.685. The second kappa shape index (κ2) is 8.79. The minimum absolute atomic E-state index is 0.105. The molecule has 0 atom stereocenters. The average Bonchev–Trinajstić information content (AvgIpc) is 3.00. The molecule has 2 heterocycles. The summed E-state index contributed by atoms with van der Waals surface area (Å²) >= 11 is 0. The number of imide groups is 1. The summed E-state index contributed by atoms with van der Waals surface area (Å²) in [4.78, 5) is 31.6. The molecule has 0 aliphatic carbocycles. The van der Waals surface area contributed by atoms with Crippen LogP contribution in [0, 0.1) is 5.82 Å². The second-order valence-electron chi connectivity index (χ2n) is 6.89. The standard InChI is InChI=1S/C24H20FN3O3/c1-2-31-20-8-6-17(7-9-20)21-22(27-19-5-3-4-18(25)14-19)24(30)28(23(21)29)15-16-10-12-26-13-11-16/h3-14,27H,2,15H2,1H3. The summed E-state index contributed by atoms with van der Waals surface area (Å²) in [6, 6.07) is 16.2. The Bertz CT molecular complexity index is 1140. The summed E-state index contributed by atoms with van der Waals surface area (Å²) in [6.07, 6.45) is 3.21. The van der Waals surface area contributed by atoms with E-state index in [2.05, 4.69) is 10.3 Å². The minimum Gasteiger partial charge on any atom is -0.494 e. The van der Waals surface area contributed by atoms with Crippen LogP contribution >= 0.6 is 0 Å². The van der Waals surface area contributed by atoms with Gasteiger partial charge in [0, 0.05) is 18.1 Å². The third-order valence-corrected chi connectivity index (χ3v) is 4.81. The molecular weight excluding hydrogens is 397 g/mol. The molecule has 6 nitrogen and oxygen atoms in total. The van der Waals surface area contributed by atoms with Gasteiger partial charge in [0.15, 0.2) is 0 Å². The van der Waals surface area contributed by atoms with Crippen molar-refractivity contribution in [1.29, 1.82) is 0 Å². The van der Waals surface area contributed by atoms with Crippen LogP contribution in [0.4, 0.5) is 10.1 Å². The number of aromatic nitrogens is 1. The number of carbonyl (C=O) groups excluding carboxylic acids is 2. The second-order valence-corrected chi connectivity index (χ2v) is 6.89. The van der Waals surface area contributed by atoms with Gasteiger partial charge in [0.25, 0.3) is 11.8 Å². The van der Waals surface area contributed by atoms with Crippen LogP contribution in [0.15, 0.2) is 78.8 Å². The molecule has 4 rings (SSSR count). The van der Waals surface area contributed by atoms with Gasteiger partial charge in [-0.25, -0.2) is 4.39 Å². The number of benzene rings is 2. The Hall–Kier alpha value is -4.00. The molecule has 31 heavy (non-hydrogen) atoms. The SMILES string of the molecule is CCOc1ccc(C2=C(Nc3cccc(F)c3)C(=O)N(Cc3ccncc3)C2=O)cc1. The Morgan fingerprint density at radius 2 is 1.74 bits per heavy atom. The Morgan fingerprint density at radius 1 is 1.00 bits per heavy atom. The summed E-state index contributed by atoms with van der Waals surface area (Å²) in [7, 11) is 0. The number of halogens is 1. The van der Waals surface area contributed by atoms with Gasteiger partial charge in [-0.3, -0.25) is 19.5 Å². The lowest BCUT2D eigenvalue weighted by molar-refractivity contribution is -0.137. The van der Waals surface area contributed by atoms with Crippen LogP contribution in [0.2, 0.25) is 0 Å². The average molecular weight is 417 g/mol. The molecule has 0 unspecified atom stereocenters. The van der Waals surface area contributed by atoms with E-state index < -0.39 is 17.6 Å². The molecule has 1 aromatic heterocycles. The van der Waals surface area contributed by atoms with Gasteiger partial charge < -0.3 is 10.1 Å². The van der Waals surface area contributed by atoms with E-state index in [1.54, 1.807) is 54.9 Å². The minimum atomic E-state index is -0.477. The van der Waals surface area contributed by atoms with E-state index in [1.165, 1.54) is 23.1 Å². The van der Waals surface area contributed by atoms with E-state index in [0.717, 1.165) is 5.56 Å². The maximum atomic E-state index is 13.7. The quantitative estimate of drug-likeness (QED) is 0.588. The Balaban J connectivity index is 1.73. The van der Waals surface area contributed by atoms with Crippen LogP contribution in [-0.2, 0) is 16.1 Å². The van der Waals surface area contributed by atoms with Crippen molar-refractivity contribution in [2.24, 2.45) is 0 Å². The molecule has 3 aromatic rings. The molecule has 1 aliphatic rings. The highest BCUT2D eigenvalue weighted by Gasteiger charge is 2.39. The normalized spacial score (nSPS) is 13.7. The van der Waals surface area contributed by atoms with E-state index in [0.29, 0.717) is 23.6 Å². The fourth-order valence-corrected chi connectivity index (χ4v) is 3.37. The van der Waals surface area contributed by atoms with Crippen LogP contribution < -0.4 is 10.1 Å². The van der Waals surface area contributed by atoms with E-state index in [4.69, 9.17) is 4.74 Å². The number of hydrogen-bond donors (Lipinski definition) is 1. The molecule has 2 aromatic carbocycles. The van der Waals surface area contributed by atoms with Gasteiger partial charge in [-0.05, 0) is 60.5 Å². The molecule has 0 spiro atoms. The lowest BCUT2D eigenvalue weighted by Crippen LogP contribution is -2.32. The van der Waals surface area contributed by atoms with Crippen molar-refractivity contribution in [3.8, 4) is 5.75 Å². The van der Waals surface area contributed by atoms with E-state index in [9.17, 15) is 14.0 Å². The number of carbonyl (C=O) groups is 2. The number of ether oxygens (including phenoxy) is 1. The van der Waals surface area contributed by atoms with Crippen molar-refractivity contribution in [3.63, 3.8) is 0 Å². The molecular formula is C24H20FN3O3. The number of amides is 2. The smallest absolute Gasteiger partial charge is 0.278 e. The topological polar surface area (TPSA) is 71.5 Å².